The number of hydrogen-bond donors (Lipinski definition) is 2. The molecule has 3 aromatic carbocycles. The average Bonchev–Trinajstić information content (AvgIpc) is 3.79. The Bertz CT molecular complexity index is 1560. The Morgan fingerprint density at radius 3 is 1.41 bits per heavy atom. The first-order valence-corrected chi connectivity index (χ1v) is 15.6. The lowest BCUT2D eigenvalue weighted by molar-refractivity contribution is 0.0938. The van der Waals surface area contributed by atoms with Crippen LogP contribution in [0.3, 0.4) is 0 Å². The van der Waals surface area contributed by atoms with Crippen molar-refractivity contribution in [1.29, 1.82) is 0 Å². The third-order valence-electron chi connectivity index (χ3n) is 6.72. The van der Waals surface area contributed by atoms with Gasteiger partial charge in [0, 0.05) is 20.9 Å². The highest BCUT2D eigenvalue weighted by atomic mass is 32.1. The first-order chi connectivity index (χ1) is 21.6. The molecule has 0 saturated heterocycles. The van der Waals surface area contributed by atoms with Crippen LogP contribution in [0.4, 0.5) is 0 Å². The summed E-state index contributed by atoms with van der Waals surface area (Å²) < 4.78 is 23.6. The fourth-order valence-corrected chi connectivity index (χ4v) is 5.76. The van der Waals surface area contributed by atoms with Gasteiger partial charge in [0.25, 0.3) is 11.8 Å². The van der Waals surface area contributed by atoms with Gasteiger partial charge in [-0.3, -0.25) is 9.59 Å². The van der Waals surface area contributed by atoms with Crippen molar-refractivity contribution in [3.63, 3.8) is 0 Å². The Morgan fingerprint density at radius 1 is 0.591 bits per heavy atom. The molecular formula is C34H32N2O6S2. The van der Waals surface area contributed by atoms with E-state index in [4.69, 9.17) is 18.9 Å². The lowest BCUT2D eigenvalue weighted by Crippen LogP contribution is -2.23. The zero-order chi connectivity index (χ0) is 30.7. The zero-order valence-corrected chi connectivity index (χ0v) is 26.0. The number of nitrogens with one attached hydrogen (secondary N) is 2. The Morgan fingerprint density at radius 2 is 1.02 bits per heavy atom. The quantitative estimate of drug-likeness (QED) is 0.140. The summed E-state index contributed by atoms with van der Waals surface area (Å²) in [5, 5.41) is 9.85. The molecule has 0 radical (unpaired) electrons. The zero-order valence-electron chi connectivity index (χ0n) is 24.3. The van der Waals surface area contributed by atoms with Crippen LogP contribution < -0.4 is 29.6 Å². The normalized spacial score (nSPS) is 10.6. The fraction of sp³-hybridized carbons (Fsp3) is 0.176. The molecule has 0 aliphatic rings. The molecule has 0 aliphatic heterocycles. The van der Waals surface area contributed by atoms with E-state index in [1.165, 1.54) is 0 Å². The van der Waals surface area contributed by atoms with E-state index in [1.807, 2.05) is 59.3 Å². The molecule has 0 bridgehead atoms. The van der Waals surface area contributed by atoms with Crippen molar-refractivity contribution in [2.45, 2.75) is 26.3 Å². The fourth-order valence-electron chi connectivity index (χ4n) is 4.47. The minimum atomic E-state index is -0.216. The number of methoxy groups -OCH3 is 2. The van der Waals surface area contributed by atoms with Crippen LogP contribution in [-0.2, 0) is 26.3 Å². The summed E-state index contributed by atoms with van der Waals surface area (Å²) in [5.41, 5.74) is 2.35. The monoisotopic (exact) mass is 628 g/mol. The number of carbonyl (C=O) groups excluding carboxylic acids is 2. The maximum atomic E-state index is 12.9. The summed E-state index contributed by atoms with van der Waals surface area (Å²) in [7, 11) is 3.16. The molecule has 2 aromatic heterocycles. The van der Waals surface area contributed by atoms with Crippen molar-refractivity contribution >= 4 is 34.5 Å². The highest BCUT2D eigenvalue weighted by Crippen LogP contribution is 2.32. The predicted octanol–water partition coefficient (Wildman–Crippen LogP) is 6.84. The van der Waals surface area contributed by atoms with Crippen LogP contribution in [0.1, 0.15) is 41.6 Å². The van der Waals surface area contributed by atoms with Gasteiger partial charge in [-0.1, -0.05) is 36.4 Å². The SMILES string of the molecule is COc1cc(COc2ccccc2C(=O)NCc2cccs2)c(OC)cc1COc1ccccc1C(=O)NCc1cccs1. The van der Waals surface area contributed by atoms with E-state index in [1.54, 1.807) is 73.3 Å². The van der Waals surface area contributed by atoms with E-state index in [9.17, 15) is 9.59 Å². The molecule has 2 N–H and O–H groups in total. The van der Waals surface area contributed by atoms with Crippen molar-refractivity contribution in [3.8, 4) is 23.0 Å². The van der Waals surface area contributed by atoms with E-state index in [0.29, 0.717) is 47.2 Å². The standard InChI is InChI=1S/C34H32N2O6S2/c1-39-31-17-24(22-42-30-14-6-4-12-28(30)34(38)36-20-26-10-8-16-44-26)32(40-2)18-23(31)21-41-29-13-5-3-11-27(29)33(37)35-19-25-9-7-15-43-25/h3-18H,19-22H2,1-2H3,(H,35,37)(H,36,38). The minimum Gasteiger partial charge on any atom is -0.496 e. The molecule has 5 rings (SSSR count). The highest BCUT2D eigenvalue weighted by Gasteiger charge is 2.17. The Balaban J connectivity index is 1.26. The highest BCUT2D eigenvalue weighted by molar-refractivity contribution is 7.10. The number of ether oxygens (including phenoxy) is 4. The van der Waals surface area contributed by atoms with E-state index in [-0.39, 0.29) is 25.0 Å². The third kappa shape index (κ3) is 7.77. The first kappa shape index (κ1) is 30.7. The van der Waals surface area contributed by atoms with Crippen LogP contribution in [0, 0.1) is 0 Å². The Labute approximate surface area is 264 Å². The van der Waals surface area contributed by atoms with E-state index in [2.05, 4.69) is 10.6 Å². The molecule has 0 unspecified atom stereocenters. The molecule has 5 aromatic rings. The number of carbonyl (C=O) groups is 2. The molecule has 0 atom stereocenters. The number of rotatable bonds is 14. The molecule has 8 nitrogen and oxygen atoms in total. The largest absolute Gasteiger partial charge is 0.496 e. The van der Waals surface area contributed by atoms with Gasteiger partial charge in [-0.2, -0.15) is 0 Å². The van der Waals surface area contributed by atoms with E-state index >= 15 is 0 Å². The lowest BCUT2D eigenvalue weighted by atomic mass is 10.1. The van der Waals surface area contributed by atoms with Gasteiger partial charge >= 0.3 is 0 Å². The van der Waals surface area contributed by atoms with Gasteiger partial charge in [0.05, 0.1) is 38.4 Å². The maximum Gasteiger partial charge on any atom is 0.255 e. The van der Waals surface area contributed by atoms with Crippen LogP contribution in [0.25, 0.3) is 0 Å². The Hall–Kier alpha value is -4.80. The van der Waals surface area contributed by atoms with Gasteiger partial charge in [0.15, 0.2) is 0 Å². The molecule has 2 amide bonds. The van der Waals surface area contributed by atoms with Crippen LogP contribution in [0.15, 0.2) is 95.7 Å². The second-order valence-electron chi connectivity index (χ2n) is 9.57. The van der Waals surface area contributed by atoms with Gasteiger partial charge in [0.2, 0.25) is 0 Å². The maximum absolute atomic E-state index is 12.9. The number of amides is 2. The second kappa shape index (κ2) is 15.1. The number of thiophene rings is 2. The van der Waals surface area contributed by atoms with Crippen LogP contribution in [0.5, 0.6) is 23.0 Å². The Kier molecular flexibility index (Phi) is 10.5. The summed E-state index contributed by atoms with van der Waals surface area (Å²) in [6.07, 6.45) is 0. The van der Waals surface area contributed by atoms with Gasteiger partial charge in [-0.15, -0.1) is 22.7 Å². The molecule has 0 saturated carbocycles. The predicted molar refractivity (Wildman–Crippen MR) is 172 cm³/mol. The van der Waals surface area contributed by atoms with Crippen molar-refractivity contribution in [2.75, 3.05) is 14.2 Å². The number of para-hydroxylation sites is 2. The van der Waals surface area contributed by atoms with Gasteiger partial charge in [0.1, 0.15) is 36.2 Å². The van der Waals surface area contributed by atoms with E-state index in [0.717, 1.165) is 20.9 Å². The van der Waals surface area contributed by atoms with Crippen molar-refractivity contribution in [1.82, 2.24) is 10.6 Å². The van der Waals surface area contributed by atoms with Crippen molar-refractivity contribution in [3.05, 3.63) is 128 Å². The van der Waals surface area contributed by atoms with Crippen molar-refractivity contribution < 1.29 is 28.5 Å². The van der Waals surface area contributed by atoms with Crippen LogP contribution >= 0.6 is 22.7 Å². The summed E-state index contributed by atoms with van der Waals surface area (Å²) in [6.45, 7) is 1.18. The summed E-state index contributed by atoms with van der Waals surface area (Å²) >= 11 is 3.18. The molecule has 0 spiro atoms. The molecule has 226 valence electrons. The molecule has 2 heterocycles. The van der Waals surface area contributed by atoms with Crippen LogP contribution in [-0.4, -0.2) is 26.0 Å². The summed E-state index contributed by atoms with van der Waals surface area (Å²) in [6, 6.07) is 25.8. The smallest absolute Gasteiger partial charge is 0.255 e. The molecule has 10 heteroatoms. The van der Waals surface area contributed by atoms with Gasteiger partial charge in [-0.25, -0.2) is 0 Å². The van der Waals surface area contributed by atoms with Gasteiger partial charge in [-0.05, 0) is 59.3 Å². The average molecular weight is 629 g/mol. The molecule has 44 heavy (non-hydrogen) atoms. The molecular weight excluding hydrogens is 597 g/mol. The lowest BCUT2D eigenvalue weighted by Gasteiger charge is -2.17. The molecule has 0 aliphatic carbocycles. The van der Waals surface area contributed by atoms with Crippen LogP contribution in [0.2, 0.25) is 0 Å². The van der Waals surface area contributed by atoms with Gasteiger partial charge < -0.3 is 29.6 Å². The summed E-state index contributed by atoms with van der Waals surface area (Å²) in [4.78, 5) is 28.0. The first-order valence-electron chi connectivity index (χ1n) is 13.8. The van der Waals surface area contributed by atoms with Crippen molar-refractivity contribution in [2.24, 2.45) is 0 Å². The van der Waals surface area contributed by atoms with E-state index < -0.39 is 0 Å². The second-order valence-corrected chi connectivity index (χ2v) is 11.6. The third-order valence-corrected chi connectivity index (χ3v) is 8.47. The minimum absolute atomic E-state index is 0.142. The number of benzene rings is 3. The number of hydrogen-bond acceptors (Lipinski definition) is 8. The topological polar surface area (TPSA) is 95.1 Å². The summed E-state index contributed by atoms with van der Waals surface area (Å²) in [5.74, 6) is 1.63. The molecule has 0 fully saturated rings.